The Labute approximate surface area is 138 Å². The summed E-state index contributed by atoms with van der Waals surface area (Å²) in [5.74, 6) is -0.770. The number of hydroxylamine groups is 1. The van der Waals surface area contributed by atoms with Crippen molar-refractivity contribution in [1.82, 2.24) is 10.8 Å². The maximum atomic E-state index is 12.3. The maximum Gasteiger partial charge on any atom is 0.274 e. The van der Waals surface area contributed by atoms with E-state index in [-0.39, 0.29) is 5.91 Å². The van der Waals surface area contributed by atoms with E-state index in [1.165, 1.54) is 0 Å². The Morgan fingerprint density at radius 3 is 2.04 bits per heavy atom. The minimum Gasteiger partial charge on any atom is -0.348 e. The molecule has 0 aliphatic heterocycles. The highest BCUT2D eigenvalue weighted by Gasteiger charge is 2.09. The molecule has 0 bridgehead atoms. The van der Waals surface area contributed by atoms with E-state index >= 15 is 0 Å². The molecule has 0 fully saturated rings. The Morgan fingerprint density at radius 1 is 0.792 bits per heavy atom. The number of fused-ring (bicyclic) bond motifs is 1. The van der Waals surface area contributed by atoms with Gasteiger partial charge in [-0.05, 0) is 40.6 Å². The number of rotatable bonds is 4. The fourth-order valence-corrected chi connectivity index (χ4v) is 2.47. The van der Waals surface area contributed by atoms with Gasteiger partial charge in [-0.2, -0.15) is 0 Å². The summed E-state index contributed by atoms with van der Waals surface area (Å²) in [6.07, 6.45) is 0. The van der Waals surface area contributed by atoms with Gasteiger partial charge in [0.05, 0.1) is 0 Å². The van der Waals surface area contributed by atoms with Crippen molar-refractivity contribution >= 4 is 22.6 Å². The monoisotopic (exact) mass is 320 g/mol. The summed E-state index contributed by atoms with van der Waals surface area (Å²) in [6.45, 7) is 0.449. The molecule has 24 heavy (non-hydrogen) atoms. The molecule has 3 aromatic carbocycles. The zero-order chi connectivity index (χ0) is 16.9. The third-order valence-electron chi connectivity index (χ3n) is 3.76. The van der Waals surface area contributed by atoms with Gasteiger partial charge in [0, 0.05) is 17.7 Å². The van der Waals surface area contributed by atoms with Gasteiger partial charge < -0.3 is 5.32 Å². The summed E-state index contributed by atoms with van der Waals surface area (Å²) < 4.78 is 0. The van der Waals surface area contributed by atoms with Crippen LogP contribution in [0.4, 0.5) is 0 Å². The van der Waals surface area contributed by atoms with Crippen molar-refractivity contribution in [3.05, 3.63) is 83.4 Å². The number of nitrogens with one attached hydrogen (secondary N) is 2. The lowest BCUT2D eigenvalue weighted by Crippen LogP contribution is -2.22. The van der Waals surface area contributed by atoms with Crippen LogP contribution in [0.5, 0.6) is 0 Å². The topological polar surface area (TPSA) is 78.4 Å². The zero-order valence-electron chi connectivity index (χ0n) is 12.8. The summed E-state index contributed by atoms with van der Waals surface area (Å²) in [7, 11) is 0. The molecule has 0 heterocycles. The quantitative estimate of drug-likeness (QED) is 0.511. The Bertz CT molecular complexity index is 892. The molecule has 0 aliphatic rings. The van der Waals surface area contributed by atoms with Gasteiger partial charge in [-0.1, -0.05) is 42.5 Å². The Morgan fingerprint density at radius 2 is 1.42 bits per heavy atom. The average molecular weight is 320 g/mol. The molecule has 3 aromatic rings. The molecule has 0 saturated heterocycles. The minimum atomic E-state index is -0.587. The molecule has 0 aromatic heterocycles. The van der Waals surface area contributed by atoms with Gasteiger partial charge in [-0.25, -0.2) is 5.48 Å². The van der Waals surface area contributed by atoms with E-state index < -0.39 is 5.91 Å². The molecule has 0 spiro atoms. The Balaban J connectivity index is 1.81. The first-order valence-electron chi connectivity index (χ1n) is 7.48. The second kappa shape index (κ2) is 6.93. The highest BCUT2D eigenvalue weighted by atomic mass is 16.5. The Hall–Kier alpha value is -3.18. The zero-order valence-corrected chi connectivity index (χ0v) is 12.8. The summed E-state index contributed by atoms with van der Waals surface area (Å²) in [5.41, 5.74) is 3.47. The van der Waals surface area contributed by atoms with E-state index in [4.69, 9.17) is 5.21 Å². The molecule has 2 amide bonds. The van der Waals surface area contributed by atoms with Gasteiger partial charge >= 0.3 is 0 Å². The van der Waals surface area contributed by atoms with Crippen molar-refractivity contribution in [3.63, 3.8) is 0 Å². The number of carbonyl (C=O) groups is 2. The van der Waals surface area contributed by atoms with Gasteiger partial charge in [-0.3, -0.25) is 14.8 Å². The molecule has 3 rings (SSSR count). The van der Waals surface area contributed by atoms with E-state index in [1.807, 2.05) is 36.4 Å². The molecule has 0 unspecified atom stereocenters. The molecule has 3 N–H and O–H groups in total. The van der Waals surface area contributed by atoms with Crippen molar-refractivity contribution in [2.24, 2.45) is 0 Å². The molecular formula is C19H16N2O3. The second-order valence-corrected chi connectivity index (χ2v) is 5.39. The minimum absolute atomic E-state index is 0.183. The lowest BCUT2D eigenvalue weighted by Gasteiger charge is -2.07. The molecule has 5 nitrogen and oxygen atoms in total. The van der Waals surface area contributed by atoms with Crippen LogP contribution in [0.2, 0.25) is 0 Å². The molecular weight excluding hydrogens is 304 g/mol. The molecule has 5 heteroatoms. The number of amides is 2. The molecule has 120 valence electrons. The summed E-state index contributed by atoms with van der Waals surface area (Å²) in [6, 6.07) is 20.0. The number of hydrogen-bond acceptors (Lipinski definition) is 3. The fraction of sp³-hybridized carbons (Fsp3) is 0.0526. The smallest absolute Gasteiger partial charge is 0.274 e. The SMILES string of the molecule is O=C(NO)c1ccc2ccc(C(=O)NCc3ccccc3)cc2c1. The van der Waals surface area contributed by atoms with Crippen LogP contribution in [0.15, 0.2) is 66.7 Å². The van der Waals surface area contributed by atoms with Gasteiger partial charge in [0.2, 0.25) is 0 Å². The highest BCUT2D eigenvalue weighted by molar-refractivity contribution is 6.01. The van der Waals surface area contributed by atoms with Crippen LogP contribution in [-0.2, 0) is 6.54 Å². The third kappa shape index (κ3) is 3.42. The first kappa shape index (κ1) is 15.7. The number of hydrogen-bond donors (Lipinski definition) is 3. The normalized spacial score (nSPS) is 10.4. The molecule has 0 radical (unpaired) electrons. The van der Waals surface area contributed by atoms with E-state index in [2.05, 4.69) is 5.32 Å². The van der Waals surface area contributed by atoms with E-state index in [9.17, 15) is 9.59 Å². The van der Waals surface area contributed by atoms with Crippen molar-refractivity contribution in [2.45, 2.75) is 6.54 Å². The second-order valence-electron chi connectivity index (χ2n) is 5.39. The van der Waals surface area contributed by atoms with Crippen LogP contribution in [-0.4, -0.2) is 17.0 Å². The van der Waals surface area contributed by atoms with Crippen molar-refractivity contribution < 1.29 is 14.8 Å². The van der Waals surface area contributed by atoms with E-state index in [0.717, 1.165) is 16.3 Å². The van der Waals surface area contributed by atoms with Gasteiger partial charge in [0.25, 0.3) is 11.8 Å². The van der Waals surface area contributed by atoms with Crippen LogP contribution < -0.4 is 10.8 Å². The maximum absolute atomic E-state index is 12.3. The number of benzene rings is 3. The van der Waals surface area contributed by atoms with Crippen LogP contribution in [0, 0.1) is 0 Å². The predicted octanol–water partition coefficient (Wildman–Crippen LogP) is 2.89. The fourth-order valence-electron chi connectivity index (χ4n) is 2.47. The highest BCUT2D eigenvalue weighted by Crippen LogP contribution is 2.18. The molecule has 0 saturated carbocycles. The lowest BCUT2D eigenvalue weighted by atomic mass is 10.0. The lowest BCUT2D eigenvalue weighted by molar-refractivity contribution is 0.0706. The van der Waals surface area contributed by atoms with Crippen LogP contribution in [0.3, 0.4) is 0 Å². The Kier molecular flexibility index (Phi) is 4.54. The van der Waals surface area contributed by atoms with Crippen molar-refractivity contribution in [1.29, 1.82) is 0 Å². The largest absolute Gasteiger partial charge is 0.348 e. The summed E-state index contributed by atoms with van der Waals surface area (Å²) in [5, 5.41) is 13.2. The van der Waals surface area contributed by atoms with Crippen molar-refractivity contribution in [2.75, 3.05) is 0 Å². The van der Waals surface area contributed by atoms with Gasteiger partial charge in [0.1, 0.15) is 0 Å². The van der Waals surface area contributed by atoms with Crippen LogP contribution in [0.1, 0.15) is 26.3 Å². The van der Waals surface area contributed by atoms with E-state index in [1.54, 1.807) is 35.8 Å². The first-order chi connectivity index (χ1) is 11.7. The van der Waals surface area contributed by atoms with Gasteiger partial charge in [-0.15, -0.1) is 0 Å². The molecule has 0 aliphatic carbocycles. The standard InChI is InChI=1S/C19H16N2O3/c22-18(20-12-13-4-2-1-3-5-13)15-8-6-14-7-9-16(19(23)21-24)11-17(14)10-15/h1-11,24H,12H2,(H,20,22)(H,21,23). The first-order valence-corrected chi connectivity index (χ1v) is 7.48. The summed E-state index contributed by atoms with van der Waals surface area (Å²) in [4.78, 5) is 23.8. The van der Waals surface area contributed by atoms with E-state index in [0.29, 0.717) is 17.7 Å². The van der Waals surface area contributed by atoms with Gasteiger partial charge in [0.15, 0.2) is 0 Å². The predicted molar refractivity (Wildman–Crippen MR) is 90.8 cm³/mol. The average Bonchev–Trinajstić information content (AvgIpc) is 2.65. The van der Waals surface area contributed by atoms with Crippen LogP contribution in [0.25, 0.3) is 10.8 Å². The number of carbonyl (C=O) groups excluding carboxylic acids is 2. The molecule has 0 atom stereocenters. The third-order valence-corrected chi connectivity index (χ3v) is 3.76. The van der Waals surface area contributed by atoms with Crippen molar-refractivity contribution in [3.8, 4) is 0 Å². The summed E-state index contributed by atoms with van der Waals surface area (Å²) >= 11 is 0. The van der Waals surface area contributed by atoms with Crippen LogP contribution >= 0.6 is 0 Å².